The molecule has 1 amide bonds. The van der Waals surface area contributed by atoms with Gasteiger partial charge in [-0.25, -0.2) is 0 Å². The van der Waals surface area contributed by atoms with Crippen molar-refractivity contribution < 1.29 is 4.79 Å². The van der Waals surface area contributed by atoms with Crippen molar-refractivity contribution in [3.63, 3.8) is 0 Å². The summed E-state index contributed by atoms with van der Waals surface area (Å²) in [6.45, 7) is 1.86. The molecular formula is C17H17BrClNO. The first-order valence-electron chi connectivity index (χ1n) is 6.77. The Morgan fingerprint density at radius 1 is 1.19 bits per heavy atom. The van der Waals surface area contributed by atoms with Gasteiger partial charge in [0.05, 0.1) is 0 Å². The summed E-state index contributed by atoms with van der Waals surface area (Å²) in [5, 5.41) is 4.37. The topological polar surface area (TPSA) is 29.1 Å². The monoisotopic (exact) mass is 365 g/mol. The van der Waals surface area contributed by atoms with Crippen molar-refractivity contribution in [2.75, 3.05) is 5.33 Å². The molecule has 0 aliphatic carbocycles. The Kier molecular flexibility index (Phi) is 5.83. The van der Waals surface area contributed by atoms with Gasteiger partial charge in [0.25, 0.3) is 5.91 Å². The summed E-state index contributed by atoms with van der Waals surface area (Å²) >= 11 is 9.54. The van der Waals surface area contributed by atoms with Crippen LogP contribution < -0.4 is 5.32 Å². The molecule has 1 unspecified atom stereocenters. The summed E-state index contributed by atoms with van der Waals surface area (Å²) in [6.07, 6.45) is 0.789. The number of amides is 1. The minimum atomic E-state index is -0.0876. The molecule has 0 saturated heterocycles. The van der Waals surface area contributed by atoms with E-state index in [1.807, 2.05) is 25.1 Å². The highest BCUT2D eigenvalue weighted by Crippen LogP contribution is 2.19. The molecule has 0 aliphatic heterocycles. The number of carbonyl (C=O) groups excluding carboxylic acids is 1. The quantitative estimate of drug-likeness (QED) is 0.782. The lowest BCUT2D eigenvalue weighted by Gasteiger charge is -2.17. The lowest BCUT2D eigenvalue weighted by Crippen LogP contribution is -2.38. The third kappa shape index (κ3) is 4.32. The highest BCUT2D eigenvalue weighted by atomic mass is 79.9. The number of alkyl halides is 1. The van der Waals surface area contributed by atoms with Gasteiger partial charge < -0.3 is 5.32 Å². The van der Waals surface area contributed by atoms with Gasteiger partial charge in [-0.15, -0.1) is 0 Å². The Hall–Kier alpha value is -1.32. The third-order valence-corrected chi connectivity index (χ3v) is 4.55. The van der Waals surface area contributed by atoms with Crippen LogP contribution in [0.1, 0.15) is 21.5 Å². The van der Waals surface area contributed by atoms with Crippen LogP contribution in [0, 0.1) is 6.92 Å². The maximum atomic E-state index is 12.4. The van der Waals surface area contributed by atoms with Crippen molar-refractivity contribution in [2.24, 2.45) is 0 Å². The molecule has 2 aromatic carbocycles. The Balaban J connectivity index is 2.08. The van der Waals surface area contributed by atoms with Crippen LogP contribution in [0.2, 0.25) is 5.02 Å². The van der Waals surface area contributed by atoms with Crippen molar-refractivity contribution in [3.8, 4) is 0 Å². The van der Waals surface area contributed by atoms with Crippen LogP contribution >= 0.6 is 27.5 Å². The van der Waals surface area contributed by atoms with E-state index in [0.717, 1.165) is 12.0 Å². The second-order valence-corrected chi connectivity index (χ2v) is 5.98. The van der Waals surface area contributed by atoms with Gasteiger partial charge >= 0.3 is 0 Å². The van der Waals surface area contributed by atoms with E-state index in [1.165, 1.54) is 5.56 Å². The molecular weight excluding hydrogens is 350 g/mol. The van der Waals surface area contributed by atoms with Gasteiger partial charge in [-0.1, -0.05) is 63.9 Å². The molecule has 0 heterocycles. The zero-order chi connectivity index (χ0) is 15.2. The molecule has 1 N–H and O–H groups in total. The predicted molar refractivity (Wildman–Crippen MR) is 91.4 cm³/mol. The molecule has 2 rings (SSSR count). The van der Waals surface area contributed by atoms with E-state index in [4.69, 9.17) is 11.6 Å². The number of rotatable bonds is 5. The van der Waals surface area contributed by atoms with Crippen molar-refractivity contribution in [2.45, 2.75) is 19.4 Å². The standard InChI is InChI=1S/C17H17BrClNO/c1-12-15(8-5-9-16(12)19)17(21)20-14(11-18)10-13-6-3-2-4-7-13/h2-9,14H,10-11H2,1H3,(H,20,21). The lowest BCUT2D eigenvalue weighted by atomic mass is 10.1. The van der Waals surface area contributed by atoms with E-state index >= 15 is 0 Å². The van der Waals surface area contributed by atoms with Gasteiger partial charge in [0, 0.05) is 22.0 Å². The van der Waals surface area contributed by atoms with Crippen LogP contribution in [0.15, 0.2) is 48.5 Å². The van der Waals surface area contributed by atoms with Crippen LogP contribution in [0.25, 0.3) is 0 Å². The average molecular weight is 367 g/mol. The molecule has 0 saturated carbocycles. The highest BCUT2D eigenvalue weighted by molar-refractivity contribution is 9.09. The summed E-state index contributed by atoms with van der Waals surface area (Å²) in [6, 6.07) is 15.5. The second kappa shape index (κ2) is 7.62. The highest BCUT2D eigenvalue weighted by Gasteiger charge is 2.15. The molecule has 0 radical (unpaired) electrons. The van der Waals surface area contributed by atoms with Crippen LogP contribution in [-0.2, 0) is 6.42 Å². The van der Waals surface area contributed by atoms with Gasteiger partial charge in [0.1, 0.15) is 0 Å². The van der Waals surface area contributed by atoms with Gasteiger partial charge in [-0.05, 0) is 36.6 Å². The van der Waals surface area contributed by atoms with Crippen molar-refractivity contribution in [3.05, 3.63) is 70.2 Å². The minimum absolute atomic E-state index is 0.0401. The summed E-state index contributed by atoms with van der Waals surface area (Å²) in [7, 11) is 0. The number of hydrogen-bond acceptors (Lipinski definition) is 1. The van der Waals surface area contributed by atoms with E-state index < -0.39 is 0 Å². The lowest BCUT2D eigenvalue weighted by molar-refractivity contribution is 0.0940. The number of halogens is 2. The molecule has 4 heteroatoms. The second-order valence-electron chi connectivity index (χ2n) is 4.93. The molecule has 0 bridgehead atoms. The molecule has 0 fully saturated rings. The fourth-order valence-electron chi connectivity index (χ4n) is 2.16. The van der Waals surface area contributed by atoms with Crippen LogP contribution in [0.4, 0.5) is 0 Å². The van der Waals surface area contributed by atoms with Crippen molar-refractivity contribution >= 4 is 33.4 Å². The summed E-state index contributed by atoms with van der Waals surface area (Å²) in [4.78, 5) is 12.4. The summed E-state index contributed by atoms with van der Waals surface area (Å²) in [5.74, 6) is -0.0876. The Labute approximate surface area is 138 Å². The maximum absolute atomic E-state index is 12.4. The largest absolute Gasteiger partial charge is 0.348 e. The predicted octanol–water partition coefficient (Wildman–Crippen LogP) is 4.38. The normalized spacial score (nSPS) is 12.0. The Bertz CT molecular complexity index is 615. The first kappa shape index (κ1) is 16.1. The molecule has 0 aromatic heterocycles. The number of benzene rings is 2. The number of hydrogen-bond donors (Lipinski definition) is 1. The molecule has 0 aliphatic rings. The first-order valence-corrected chi connectivity index (χ1v) is 8.27. The van der Waals surface area contributed by atoms with Crippen LogP contribution in [0.3, 0.4) is 0 Å². The van der Waals surface area contributed by atoms with E-state index in [1.54, 1.807) is 18.2 Å². The van der Waals surface area contributed by atoms with Gasteiger partial charge in [0.2, 0.25) is 0 Å². The Morgan fingerprint density at radius 2 is 1.90 bits per heavy atom. The smallest absolute Gasteiger partial charge is 0.251 e. The zero-order valence-corrected chi connectivity index (χ0v) is 14.1. The van der Waals surface area contributed by atoms with E-state index in [-0.39, 0.29) is 11.9 Å². The fourth-order valence-corrected chi connectivity index (χ4v) is 2.72. The number of carbonyl (C=O) groups is 1. The molecule has 0 spiro atoms. The van der Waals surface area contributed by atoms with Crippen molar-refractivity contribution in [1.29, 1.82) is 0 Å². The summed E-state index contributed by atoms with van der Waals surface area (Å²) < 4.78 is 0. The van der Waals surface area contributed by atoms with E-state index in [9.17, 15) is 4.79 Å². The fraction of sp³-hybridized carbons (Fsp3) is 0.235. The molecule has 2 aromatic rings. The molecule has 1 atom stereocenters. The Morgan fingerprint density at radius 3 is 2.57 bits per heavy atom. The average Bonchev–Trinajstić information content (AvgIpc) is 2.50. The third-order valence-electron chi connectivity index (χ3n) is 3.36. The van der Waals surface area contributed by atoms with Crippen molar-refractivity contribution in [1.82, 2.24) is 5.32 Å². The van der Waals surface area contributed by atoms with Crippen LogP contribution in [-0.4, -0.2) is 17.3 Å². The van der Waals surface area contributed by atoms with E-state index in [0.29, 0.717) is 15.9 Å². The number of nitrogens with one attached hydrogen (secondary N) is 1. The minimum Gasteiger partial charge on any atom is -0.348 e. The van der Waals surface area contributed by atoms with Gasteiger partial charge in [-0.2, -0.15) is 0 Å². The molecule has 2 nitrogen and oxygen atoms in total. The SMILES string of the molecule is Cc1c(Cl)cccc1C(=O)NC(CBr)Cc1ccccc1. The molecule has 21 heavy (non-hydrogen) atoms. The first-order chi connectivity index (χ1) is 10.1. The molecule has 110 valence electrons. The van der Waals surface area contributed by atoms with Gasteiger partial charge in [0.15, 0.2) is 0 Å². The summed E-state index contributed by atoms with van der Waals surface area (Å²) in [5.41, 5.74) is 2.64. The van der Waals surface area contributed by atoms with E-state index in [2.05, 4.69) is 33.4 Å². The van der Waals surface area contributed by atoms with Gasteiger partial charge in [-0.3, -0.25) is 4.79 Å². The van der Waals surface area contributed by atoms with Crippen LogP contribution in [0.5, 0.6) is 0 Å². The maximum Gasteiger partial charge on any atom is 0.251 e. The zero-order valence-electron chi connectivity index (χ0n) is 11.8.